The summed E-state index contributed by atoms with van der Waals surface area (Å²) in [6.45, 7) is 1.83. The highest BCUT2D eigenvalue weighted by Gasteiger charge is 2.03. The highest BCUT2D eigenvalue weighted by atomic mass is 16.3. The van der Waals surface area contributed by atoms with Crippen molar-refractivity contribution in [1.29, 1.82) is 0 Å². The van der Waals surface area contributed by atoms with E-state index >= 15 is 0 Å². The number of hydrogen-bond donors (Lipinski definition) is 0. The van der Waals surface area contributed by atoms with Crippen LogP contribution in [0.2, 0.25) is 0 Å². The smallest absolute Gasteiger partial charge is 0.126 e. The van der Waals surface area contributed by atoms with Crippen LogP contribution in [0.3, 0.4) is 0 Å². The van der Waals surface area contributed by atoms with Crippen LogP contribution in [0.25, 0.3) is 16.8 Å². The first-order chi connectivity index (χ1) is 10.3. The van der Waals surface area contributed by atoms with Crippen LogP contribution < -0.4 is 0 Å². The molecule has 0 radical (unpaired) electrons. The minimum absolute atomic E-state index is 0.893. The first-order valence-electron chi connectivity index (χ1n) is 7.18. The van der Waals surface area contributed by atoms with Gasteiger partial charge < -0.3 is 4.42 Å². The van der Waals surface area contributed by atoms with E-state index in [1.807, 2.05) is 18.2 Å². The van der Waals surface area contributed by atoms with Crippen molar-refractivity contribution in [2.75, 3.05) is 13.6 Å². The van der Waals surface area contributed by atoms with Gasteiger partial charge in [0.1, 0.15) is 5.76 Å². The van der Waals surface area contributed by atoms with Gasteiger partial charge in [0.2, 0.25) is 0 Å². The quantitative estimate of drug-likeness (QED) is 0.679. The lowest BCUT2D eigenvalue weighted by Gasteiger charge is -2.16. The molecule has 0 aliphatic rings. The van der Waals surface area contributed by atoms with Gasteiger partial charge in [0.05, 0.1) is 6.26 Å². The lowest BCUT2D eigenvalue weighted by molar-refractivity contribution is 0.365. The van der Waals surface area contributed by atoms with Gasteiger partial charge in [0.25, 0.3) is 0 Å². The third-order valence-electron chi connectivity index (χ3n) is 3.56. The minimum Gasteiger partial charge on any atom is -0.465 e. The Kier molecular flexibility index (Phi) is 4.17. The second-order valence-electron chi connectivity index (χ2n) is 5.25. The summed E-state index contributed by atoms with van der Waals surface area (Å²) in [5.74, 6) is 0.897. The van der Waals surface area contributed by atoms with Gasteiger partial charge >= 0.3 is 0 Å². The van der Waals surface area contributed by atoms with Gasteiger partial charge in [-0.15, -0.1) is 0 Å². The molecule has 3 rings (SSSR count). The van der Waals surface area contributed by atoms with Crippen molar-refractivity contribution in [2.45, 2.75) is 6.54 Å². The Morgan fingerprint density at radius 3 is 2.71 bits per heavy atom. The Balaban J connectivity index is 1.67. The first kappa shape index (κ1) is 13.7. The van der Waals surface area contributed by atoms with E-state index < -0.39 is 0 Å². The molecule has 0 amide bonds. The summed E-state index contributed by atoms with van der Waals surface area (Å²) in [5.41, 5.74) is 1.36. The van der Waals surface area contributed by atoms with Crippen LogP contribution in [-0.4, -0.2) is 18.5 Å². The molecule has 1 aromatic heterocycles. The number of nitrogens with zero attached hydrogens (tertiary/aromatic N) is 1. The number of hydrogen-bond acceptors (Lipinski definition) is 2. The molecule has 2 heteroatoms. The second kappa shape index (κ2) is 6.42. The van der Waals surface area contributed by atoms with Crippen LogP contribution in [0, 0.1) is 0 Å². The molecule has 0 fully saturated rings. The Labute approximate surface area is 125 Å². The largest absolute Gasteiger partial charge is 0.465 e. The molecule has 106 valence electrons. The second-order valence-corrected chi connectivity index (χ2v) is 5.25. The molecule has 3 aromatic rings. The van der Waals surface area contributed by atoms with E-state index in [2.05, 4.69) is 60.5 Å². The number of fused-ring (bicyclic) bond motifs is 1. The van der Waals surface area contributed by atoms with Crippen LogP contribution in [0.1, 0.15) is 11.3 Å². The number of furan rings is 1. The summed E-state index contributed by atoms with van der Waals surface area (Å²) in [6, 6.07) is 18.9. The lowest BCUT2D eigenvalue weighted by Crippen LogP contribution is -2.17. The molecule has 0 aliphatic carbocycles. The molecule has 0 atom stereocenters. The van der Waals surface area contributed by atoms with Crippen molar-refractivity contribution in [3.8, 4) is 0 Å². The van der Waals surface area contributed by atoms with Crippen LogP contribution in [0.15, 0.2) is 71.4 Å². The van der Waals surface area contributed by atoms with Crippen molar-refractivity contribution in [3.63, 3.8) is 0 Å². The fraction of sp³-hybridized carbons (Fsp3) is 0.158. The molecule has 0 unspecified atom stereocenters. The van der Waals surface area contributed by atoms with Gasteiger partial charge in [0, 0.05) is 13.1 Å². The Bertz CT molecular complexity index is 723. The van der Waals surface area contributed by atoms with E-state index in [-0.39, 0.29) is 0 Å². The average molecular weight is 277 g/mol. The van der Waals surface area contributed by atoms with Crippen molar-refractivity contribution < 1.29 is 4.42 Å². The minimum atomic E-state index is 0.893. The first-order valence-corrected chi connectivity index (χ1v) is 7.18. The van der Waals surface area contributed by atoms with Crippen molar-refractivity contribution in [2.24, 2.45) is 0 Å². The number of rotatable bonds is 5. The topological polar surface area (TPSA) is 16.4 Å². The molecule has 2 aromatic carbocycles. The number of benzene rings is 2. The summed E-state index contributed by atoms with van der Waals surface area (Å²) in [4.78, 5) is 2.29. The molecule has 0 aliphatic heterocycles. The van der Waals surface area contributed by atoms with Gasteiger partial charge in [-0.05, 0) is 41.6 Å². The molecule has 0 saturated carbocycles. The molecular weight excluding hydrogens is 258 g/mol. The van der Waals surface area contributed by atoms with Gasteiger partial charge in [-0.25, -0.2) is 0 Å². The van der Waals surface area contributed by atoms with Gasteiger partial charge in [0.15, 0.2) is 0 Å². The maximum atomic E-state index is 5.29. The third kappa shape index (κ3) is 3.41. The maximum Gasteiger partial charge on any atom is 0.126 e. The third-order valence-corrected chi connectivity index (χ3v) is 3.56. The van der Waals surface area contributed by atoms with E-state index in [0.29, 0.717) is 0 Å². The summed E-state index contributed by atoms with van der Waals surface area (Å²) in [7, 11) is 2.13. The van der Waals surface area contributed by atoms with Crippen molar-refractivity contribution in [1.82, 2.24) is 4.90 Å². The molecular formula is C19H19NO. The molecule has 0 saturated heterocycles. The summed E-state index contributed by atoms with van der Waals surface area (Å²) >= 11 is 0. The Morgan fingerprint density at radius 2 is 1.86 bits per heavy atom. The van der Waals surface area contributed by atoms with E-state index in [0.717, 1.165) is 18.8 Å². The van der Waals surface area contributed by atoms with Crippen LogP contribution in [0.5, 0.6) is 0 Å². The summed E-state index contributed by atoms with van der Waals surface area (Å²) in [5, 5.41) is 2.64. The fourth-order valence-corrected chi connectivity index (χ4v) is 2.52. The predicted octanol–water partition coefficient (Wildman–Crippen LogP) is 4.58. The number of likely N-dealkylation sites (N-methyl/N-ethyl adjacent to an activating group) is 1. The molecule has 0 N–H and O–H groups in total. The Hall–Kier alpha value is -2.32. The highest BCUT2D eigenvalue weighted by molar-refractivity contribution is 5.85. The van der Waals surface area contributed by atoms with Crippen molar-refractivity contribution >= 4 is 16.8 Å². The van der Waals surface area contributed by atoms with Gasteiger partial charge in [-0.2, -0.15) is 0 Å². The van der Waals surface area contributed by atoms with Crippen LogP contribution >= 0.6 is 0 Å². The van der Waals surface area contributed by atoms with Crippen LogP contribution in [0.4, 0.5) is 0 Å². The highest BCUT2D eigenvalue weighted by Crippen LogP contribution is 2.19. The average Bonchev–Trinajstić information content (AvgIpc) is 3.01. The molecule has 1 heterocycles. The van der Waals surface area contributed by atoms with Gasteiger partial charge in [-0.3, -0.25) is 4.90 Å². The summed E-state index contributed by atoms with van der Waals surface area (Å²) in [6.07, 6.45) is 5.84. The molecule has 21 heavy (non-hydrogen) atoms. The maximum absolute atomic E-state index is 5.29. The van der Waals surface area contributed by atoms with E-state index in [1.54, 1.807) is 6.26 Å². The molecule has 2 nitrogen and oxygen atoms in total. The SMILES string of the molecule is CN(C/C=C/c1ccco1)Cc1cccc2ccccc12. The molecule has 0 bridgehead atoms. The van der Waals surface area contributed by atoms with Crippen molar-refractivity contribution in [3.05, 3.63) is 78.3 Å². The Morgan fingerprint density at radius 1 is 1.00 bits per heavy atom. The zero-order valence-corrected chi connectivity index (χ0v) is 12.2. The fourth-order valence-electron chi connectivity index (χ4n) is 2.52. The standard InChI is InChI=1S/C19H19NO/c1-20(13-5-10-18-11-6-14-21-18)15-17-9-4-8-16-7-2-3-12-19(16)17/h2-12,14H,13,15H2,1H3/b10-5+. The summed E-state index contributed by atoms with van der Waals surface area (Å²) < 4.78 is 5.29. The van der Waals surface area contributed by atoms with E-state index in [1.165, 1.54) is 16.3 Å². The van der Waals surface area contributed by atoms with Gasteiger partial charge in [-0.1, -0.05) is 48.5 Å². The van der Waals surface area contributed by atoms with E-state index in [4.69, 9.17) is 4.42 Å². The zero-order chi connectivity index (χ0) is 14.5. The normalized spacial score (nSPS) is 11.7. The molecule has 0 spiro atoms. The zero-order valence-electron chi connectivity index (χ0n) is 12.2. The van der Waals surface area contributed by atoms with E-state index in [9.17, 15) is 0 Å². The lowest BCUT2D eigenvalue weighted by atomic mass is 10.0. The van der Waals surface area contributed by atoms with Crippen LogP contribution in [-0.2, 0) is 6.54 Å². The monoisotopic (exact) mass is 277 g/mol. The predicted molar refractivity (Wildman–Crippen MR) is 88.0 cm³/mol.